The highest BCUT2D eigenvalue weighted by Crippen LogP contribution is 2.31. The Kier molecular flexibility index (Phi) is 2.80. The van der Waals surface area contributed by atoms with Crippen LogP contribution in [0, 0.1) is 5.82 Å². The highest BCUT2D eigenvalue weighted by atomic mass is 35.5. The Labute approximate surface area is 115 Å². The van der Waals surface area contributed by atoms with Crippen LogP contribution in [0.5, 0.6) is 0 Å². The van der Waals surface area contributed by atoms with Crippen molar-refractivity contribution >= 4 is 51.5 Å². The van der Waals surface area contributed by atoms with Crippen LogP contribution in [0.4, 0.5) is 4.39 Å². The molecule has 0 N–H and O–H groups in total. The fourth-order valence-corrected chi connectivity index (χ4v) is 2.67. The second-order valence-electron chi connectivity index (χ2n) is 3.45. The monoisotopic (exact) mass is 302 g/mol. The molecule has 3 heterocycles. The van der Waals surface area contributed by atoms with Crippen LogP contribution < -0.4 is 0 Å². The zero-order chi connectivity index (χ0) is 12.9. The van der Waals surface area contributed by atoms with Gasteiger partial charge in [0.05, 0.1) is 0 Å². The van der Waals surface area contributed by atoms with Crippen molar-refractivity contribution < 1.29 is 4.39 Å². The second-order valence-corrected chi connectivity index (χ2v) is 4.94. The first-order valence-electron chi connectivity index (χ1n) is 4.84. The molecule has 0 atom stereocenters. The summed E-state index contributed by atoms with van der Waals surface area (Å²) in [5, 5.41) is 0.659. The van der Waals surface area contributed by atoms with Gasteiger partial charge in [-0.05, 0) is 6.26 Å². The number of rotatable bonds is 1. The van der Waals surface area contributed by atoms with Crippen LogP contribution in [0.1, 0.15) is 0 Å². The van der Waals surface area contributed by atoms with Crippen molar-refractivity contribution in [1.82, 2.24) is 19.4 Å². The Morgan fingerprint density at radius 2 is 2.00 bits per heavy atom. The zero-order valence-corrected chi connectivity index (χ0v) is 11.3. The first-order chi connectivity index (χ1) is 8.63. The number of hydrogen-bond acceptors (Lipinski definition) is 4. The molecule has 0 unspecified atom stereocenters. The van der Waals surface area contributed by atoms with Gasteiger partial charge in [-0.25, -0.2) is 19.3 Å². The van der Waals surface area contributed by atoms with Crippen molar-refractivity contribution in [1.29, 1.82) is 0 Å². The van der Waals surface area contributed by atoms with E-state index in [9.17, 15) is 4.39 Å². The van der Waals surface area contributed by atoms with Gasteiger partial charge in [-0.1, -0.05) is 35.0 Å². The van der Waals surface area contributed by atoms with Crippen LogP contribution in [-0.4, -0.2) is 25.6 Å². The third-order valence-electron chi connectivity index (χ3n) is 2.50. The highest BCUT2D eigenvalue weighted by Gasteiger charge is 2.20. The molecule has 0 spiro atoms. The lowest BCUT2D eigenvalue weighted by molar-refractivity contribution is 0.645. The minimum absolute atomic E-state index is 0.0646. The van der Waals surface area contributed by atoms with Crippen LogP contribution in [0.25, 0.3) is 16.6 Å². The summed E-state index contributed by atoms with van der Waals surface area (Å²) in [5.74, 6) is -0.539. The largest absolute Gasteiger partial charge is 0.306 e. The fraction of sp³-hybridized carbons (Fsp3) is 0.100. The maximum atomic E-state index is 14.3. The molecule has 4 nitrogen and oxygen atoms in total. The van der Waals surface area contributed by atoms with Gasteiger partial charge in [0.1, 0.15) is 16.6 Å². The SMILES string of the molecule is CSc1nc(Cl)c2c(n1)c(F)c1c(Cl)nccn12. The van der Waals surface area contributed by atoms with E-state index in [0.717, 1.165) is 0 Å². The van der Waals surface area contributed by atoms with Gasteiger partial charge < -0.3 is 4.40 Å². The highest BCUT2D eigenvalue weighted by molar-refractivity contribution is 7.98. The van der Waals surface area contributed by atoms with Gasteiger partial charge in [-0.15, -0.1) is 0 Å². The van der Waals surface area contributed by atoms with Crippen LogP contribution in [0.3, 0.4) is 0 Å². The van der Waals surface area contributed by atoms with Gasteiger partial charge in [0.15, 0.2) is 21.3 Å². The number of halogens is 3. The molecule has 0 fully saturated rings. The minimum Gasteiger partial charge on any atom is -0.306 e. The van der Waals surface area contributed by atoms with E-state index in [1.54, 1.807) is 12.5 Å². The van der Waals surface area contributed by atoms with Crippen LogP contribution >= 0.6 is 35.0 Å². The zero-order valence-electron chi connectivity index (χ0n) is 8.99. The van der Waals surface area contributed by atoms with E-state index in [0.29, 0.717) is 10.7 Å². The number of nitrogens with zero attached hydrogens (tertiary/aromatic N) is 4. The van der Waals surface area contributed by atoms with E-state index in [1.165, 1.54) is 22.4 Å². The van der Waals surface area contributed by atoms with Gasteiger partial charge in [0, 0.05) is 12.4 Å². The van der Waals surface area contributed by atoms with Crippen LogP contribution in [-0.2, 0) is 0 Å². The molecule has 0 aromatic carbocycles. The minimum atomic E-state index is -0.539. The average molecular weight is 303 g/mol. The van der Waals surface area contributed by atoms with Crippen LogP contribution in [0.15, 0.2) is 17.6 Å². The quantitative estimate of drug-likeness (QED) is 0.392. The molecule has 3 aromatic rings. The lowest BCUT2D eigenvalue weighted by Crippen LogP contribution is -1.91. The Hall–Kier alpha value is -1.11. The molecule has 3 aromatic heterocycles. The smallest absolute Gasteiger partial charge is 0.189 e. The summed E-state index contributed by atoms with van der Waals surface area (Å²) >= 11 is 13.3. The molecule has 0 saturated heterocycles. The summed E-state index contributed by atoms with van der Waals surface area (Å²) in [6.07, 6.45) is 4.83. The van der Waals surface area contributed by atoms with E-state index in [1.807, 2.05) is 0 Å². The molecule has 0 aliphatic heterocycles. The molecule has 0 radical (unpaired) electrons. The normalized spacial score (nSPS) is 11.6. The molecule has 0 amide bonds. The van der Waals surface area contributed by atoms with Crippen molar-refractivity contribution in [2.24, 2.45) is 0 Å². The van der Waals surface area contributed by atoms with E-state index in [2.05, 4.69) is 15.0 Å². The predicted molar refractivity (Wildman–Crippen MR) is 70.0 cm³/mol. The number of fused-ring (bicyclic) bond motifs is 3. The molecule has 0 aliphatic carbocycles. The predicted octanol–water partition coefficient (Wildman–Crippen LogP) is 3.45. The Bertz CT molecular complexity index is 773. The van der Waals surface area contributed by atoms with E-state index >= 15 is 0 Å². The maximum absolute atomic E-state index is 14.3. The summed E-state index contributed by atoms with van der Waals surface area (Å²) in [5.41, 5.74) is 0.698. The molecular formula is C10H5Cl2FN4S. The molecule has 0 bridgehead atoms. The number of thioether (sulfide) groups is 1. The molecule has 18 heavy (non-hydrogen) atoms. The summed E-state index contributed by atoms with van der Waals surface area (Å²) in [6.45, 7) is 0. The van der Waals surface area contributed by atoms with Gasteiger partial charge in [0.2, 0.25) is 0 Å². The Morgan fingerprint density at radius 3 is 2.72 bits per heavy atom. The first-order valence-corrected chi connectivity index (χ1v) is 6.82. The summed E-state index contributed by atoms with van der Waals surface area (Å²) in [7, 11) is 0. The molecule has 92 valence electrons. The first kappa shape index (κ1) is 12.0. The molecular weight excluding hydrogens is 298 g/mol. The summed E-state index contributed by atoms with van der Waals surface area (Å²) < 4.78 is 15.8. The standard InChI is InChI=1S/C10H5Cl2FN4S/c1-18-10-15-5-4(13)6-8(11)14-2-3-17(6)7(5)9(12)16-10/h2-3H,1H3. The Balaban J connectivity index is 2.59. The van der Waals surface area contributed by atoms with Crippen molar-refractivity contribution in [3.05, 3.63) is 28.5 Å². The van der Waals surface area contributed by atoms with Gasteiger partial charge in [-0.2, -0.15) is 0 Å². The topological polar surface area (TPSA) is 43.1 Å². The van der Waals surface area contributed by atoms with Gasteiger partial charge in [0.25, 0.3) is 0 Å². The molecule has 0 aliphatic rings. The fourth-order valence-electron chi connectivity index (χ4n) is 1.76. The van der Waals surface area contributed by atoms with Gasteiger partial charge >= 0.3 is 0 Å². The molecule has 8 heteroatoms. The van der Waals surface area contributed by atoms with E-state index in [4.69, 9.17) is 23.2 Å². The summed E-state index contributed by atoms with van der Waals surface area (Å²) in [6, 6.07) is 0. The van der Waals surface area contributed by atoms with Crippen molar-refractivity contribution in [3.63, 3.8) is 0 Å². The Morgan fingerprint density at radius 1 is 1.22 bits per heavy atom. The lowest BCUT2D eigenvalue weighted by atomic mass is 10.4. The third-order valence-corrected chi connectivity index (χ3v) is 3.59. The van der Waals surface area contributed by atoms with E-state index < -0.39 is 5.82 Å². The second kappa shape index (κ2) is 4.22. The van der Waals surface area contributed by atoms with Crippen molar-refractivity contribution in [3.8, 4) is 0 Å². The van der Waals surface area contributed by atoms with Crippen molar-refractivity contribution in [2.75, 3.05) is 6.26 Å². The third kappa shape index (κ3) is 1.56. The summed E-state index contributed by atoms with van der Waals surface area (Å²) in [4.78, 5) is 12.0. The maximum Gasteiger partial charge on any atom is 0.189 e. The van der Waals surface area contributed by atoms with Crippen molar-refractivity contribution in [2.45, 2.75) is 5.16 Å². The van der Waals surface area contributed by atoms with E-state index in [-0.39, 0.29) is 21.3 Å². The number of aromatic nitrogens is 4. The number of hydrogen-bond donors (Lipinski definition) is 0. The lowest BCUT2D eigenvalue weighted by Gasteiger charge is -1.99. The molecule has 3 rings (SSSR count). The van der Waals surface area contributed by atoms with Crippen LogP contribution in [0.2, 0.25) is 10.3 Å². The van der Waals surface area contributed by atoms with Gasteiger partial charge in [-0.3, -0.25) is 0 Å². The average Bonchev–Trinajstić information content (AvgIpc) is 2.65. The molecule has 0 saturated carbocycles.